The first-order chi connectivity index (χ1) is 12.5. The number of nitrogens with zero attached hydrogens (tertiary/aromatic N) is 3. The van der Waals surface area contributed by atoms with Crippen LogP contribution in [-0.4, -0.2) is 26.0 Å². The number of fused-ring (bicyclic) bond motifs is 1. The van der Waals surface area contributed by atoms with Crippen molar-refractivity contribution in [3.05, 3.63) is 48.0 Å². The van der Waals surface area contributed by atoms with Gasteiger partial charge in [-0.25, -0.2) is 4.98 Å². The van der Waals surface area contributed by atoms with Crippen molar-refractivity contribution in [2.75, 3.05) is 5.32 Å². The van der Waals surface area contributed by atoms with Crippen LogP contribution in [0.25, 0.3) is 22.0 Å². The highest BCUT2D eigenvalue weighted by atomic mass is 16.3. The predicted molar refractivity (Wildman–Crippen MR) is 102 cm³/mol. The zero-order valence-electron chi connectivity index (χ0n) is 15.2. The van der Waals surface area contributed by atoms with Crippen LogP contribution in [0.1, 0.15) is 44.1 Å². The third-order valence-electron chi connectivity index (χ3n) is 4.22. The maximum atomic E-state index is 11.1. The van der Waals surface area contributed by atoms with E-state index in [1.807, 2.05) is 26.0 Å². The summed E-state index contributed by atoms with van der Waals surface area (Å²) in [6.07, 6.45) is 6.34. The van der Waals surface area contributed by atoms with E-state index >= 15 is 0 Å². The van der Waals surface area contributed by atoms with E-state index in [0.29, 0.717) is 17.9 Å². The number of aliphatic hydroxyl groups excluding tert-OH is 1. The fourth-order valence-electron chi connectivity index (χ4n) is 2.90. The molecule has 0 saturated heterocycles. The maximum absolute atomic E-state index is 11.1. The lowest BCUT2D eigenvalue weighted by Crippen LogP contribution is -2.07. The molecule has 3 rings (SSSR count). The van der Waals surface area contributed by atoms with Crippen LogP contribution < -0.4 is 5.32 Å². The van der Waals surface area contributed by atoms with Crippen molar-refractivity contribution in [3.8, 4) is 11.1 Å². The number of nitrogens with one attached hydrogen (secondary N) is 1. The molecule has 0 aliphatic heterocycles. The standard InChI is InChI=1S/C20H22N4O2/c1-4-5-19(26)18-6-12(2)16(11-22-18)14-7-15-10-23-20(24-13(3)25)8-17(15)21-9-14/h6-11,19,26H,4-5H2,1-3H3,(H,23,24,25)/t19-/m0/s1. The topological polar surface area (TPSA) is 88.0 Å². The van der Waals surface area contributed by atoms with E-state index < -0.39 is 6.10 Å². The Balaban J connectivity index is 1.94. The number of hydrogen-bond acceptors (Lipinski definition) is 5. The molecule has 2 N–H and O–H groups in total. The second-order valence-corrected chi connectivity index (χ2v) is 6.40. The molecule has 26 heavy (non-hydrogen) atoms. The summed E-state index contributed by atoms with van der Waals surface area (Å²) in [6, 6.07) is 5.67. The van der Waals surface area contributed by atoms with Crippen LogP contribution in [0.15, 0.2) is 36.8 Å². The monoisotopic (exact) mass is 350 g/mol. The number of rotatable bonds is 5. The highest BCUT2D eigenvalue weighted by molar-refractivity contribution is 5.91. The molecule has 1 atom stereocenters. The average Bonchev–Trinajstić information content (AvgIpc) is 2.61. The largest absolute Gasteiger partial charge is 0.387 e. The molecule has 134 valence electrons. The first kappa shape index (κ1) is 17.9. The maximum Gasteiger partial charge on any atom is 0.222 e. The SMILES string of the molecule is CCC[C@H](O)c1cc(C)c(-c2cnc3cc(NC(C)=O)ncc3c2)cn1. The Morgan fingerprint density at radius 2 is 1.96 bits per heavy atom. The third kappa shape index (κ3) is 3.86. The number of aryl methyl sites for hydroxylation is 1. The third-order valence-corrected chi connectivity index (χ3v) is 4.22. The number of anilines is 1. The van der Waals surface area contributed by atoms with Crippen molar-refractivity contribution in [2.24, 2.45) is 0 Å². The van der Waals surface area contributed by atoms with Gasteiger partial charge < -0.3 is 10.4 Å². The molecular formula is C20H22N4O2. The van der Waals surface area contributed by atoms with Crippen molar-refractivity contribution in [1.82, 2.24) is 15.0 Å². The molecule has 0 aliphatic carbocycles. The fraction of sp³-hybridized carbons (Fsp3) is 0.300. The molecule has 0 radical (unpaired) electrons. The number of amides is 1. The first-order valence-corrected chi connectivity index (χ1v) is 8.66. The molecular weight excluding hydrogens is 328 g/mol. The van der Waals surface area contributed by atoms with Crippen LogP contribution in [0.4, 0.5) is 5.82 Å². The normalized spacial score (nSPS) is 12.2. The molecule has 0 saturated carbocycles. The zero-order valence-corrected chi connectivity index (χ0v) is 15.2. The Bertz CT molecular complexity index is 956. The molecule has 0 aliphatic rings. The van der Waals surface area contributed by atoms with Gasteiger partial charge in [0, 0.05) is 48.1 Å². The van der Waals surface area contributed by atoms with E-state index in [1.165, 1.54) is 6.92 Å². The Morgan fingerprint density at radius 1 is 1.15 bits per heavy atom. The predicted octanol–water partition coefficient (Wildman–Crippen LogP) is 3.79. The van der Waals surface area contributed by atoms with Gasteiger partial charge in [-0.3, -0.25) is 14.8 Å². The van der Waals surface area contributed by atoms with Crippen molar-refractivity contribution in [2.45, 2.75) is 39.7 Å². The van der Waals surface area contributed by atoms with Gasteiger partial charge in [-0.05, 0) is 31.0 Å². The number of hydrogen-bond donors (Lipinski definition) is 2. The van der Waals surface area contributed by atoms with Crippen LogP contribution in [0.5, 0.6) is 0 Å². The van der Waals surface area contributed by atoms with E-state index in [0.717, 1.165) is 34.0 Å². The molecule has 6 heteroatoms. The van der Waals surface area contributed by atoms with Gasteiger partial charge >= 0.3 is 0 Å². The molecule has 3 heterocycles. The quantitative estimate of drug-likeness (QED) is 0.731. The van der Waals surface area contributed by atoms with Crippen molar-refractivity contribution < 1.29 is 9.90 Å². The number of aromatic nitrogens is 3. The molecule has 3 aromatic rings. The van der Waals surface area contributed by atoms with Crippen molar-refractivity contribution >= 4 is 22.6 Å². The molecule has 0 spiro atoms. The van der Waals surface area contributed by atoms with Crippen molar-refractivity contribution in [3.63, 3.8) is 0 Å². The average molecular weight is 350 g/mol. The van der Waals surface area contributed by atoms with Crippen LogP contribution in [0, 0.1) is 6.92 Å². The van der Waals surface area contributed by atoms with Gasteiger partial charge in [0.1, 0.15) is 5.82 Å². The van der Waals surface area contributed by atoms with Gasteiger partial charge in [0.15, 0.2) is 0 Å². The van der Waals surface area contributed by atoms with Crippen LogP contribution in [0.2, 0.25) is 0 Å². The van der Waals surface area contributed by atoms with E-state index in [4.69, 9.17) is 0 Å². The van der Waals surface area contributed by atoms with E-state index in [-0.39, 0.29) is 5.91 Å². The summed E-state index contributed by atoms with van der Waals surface area (Å²) in [5.41, 5.74) is 4.40. The number of aliphatic hydroxyl groups is 1. The van der Waals surface area contributed by atoms with Gasteiger partial charge in [0.25, 0.3) is 0 Å². The molecule has 1 amide bonds. The Morgan fingerprint density at radius 3 is 2.65 bits per heavy atom. The van der Waals surface area contributed by atoms with E-state index in [9.17, 15) is 9.90 Å². The van der Waals surface area contributed by atoms with Gasteiger partial charge in [0.2, 0.25) is 5.91 Å². The summed E-state index contributed by atoms with van der Waals surface area (Å²) >= 11 is 0. The molecule has 0 bridgehead atoms. The van der Waals surface area contributed by atoms with Crippen LogP contribution in [0.3, 0.4) is 0 Å². The number of pyridine rings is 3. The zero-order chi connectivity index (χ0) is 18.7. The van der Waals surface area contributed by atoms with E-state index in [2.05, 4.69) is 20.3 Å². The van der Waals surface area contributed by atoms with Gasteiger partial charge in [0.05, 0.1) is 17.3 Å². The van der Waals surface area contributed by atoms with Crippen LogP contribution in [-0.2, 0) is 4.79 Å². The van der Waals surface area contributed by atoms with Gasteiger partial charge in [-0.15, -0.1) is 0 Å². The summed E-state index contributed by atoms with van der Waals surface area (Å²) in [5.74, 6) is 0.317. The lowest BCUT2D eigenvalue weighted by atomic mass is 10.0. The first-order valence-electron chi connectivity index (χ1n) is 8.66. The summed E-state index contributed by atoms with van der Waals surface area (Å²) in [7, 11) is 0. The van der Waals surface area contributed by atoms with Gasteiger partial charge in [-0.2, -0.15) is 0 Å². The Labute approximate surface area is 152 Å². The number of carbonyl (C=O) groups is 1. The minimum atomic E-state index is -0.529. The highest BCUT2D eigenvalue weighted by Gasteiger charge is 2.12. The van der Waals surface area contributed by atoms with E-state index in [1.54, 1.807) is 24.7 Å². The van der Waals surface area contributed by atoms with Gasteiger partial charge in [-0.1, -0.05) is 13.3 Å². The number of carbonyl (C=O) groups excluding carboxylic acids is 1. The van der Waals surface area contributed by atoms with Crippen molar-refractivity contribution in [1.29, 1.82) is 0 Å². The van der Waals surface area contributed by atoms with Crippen LogP contribution >= 0.6 is 0 Å². The minimum Gasteiger partial charge on any atom is -0.387 e. The Hall–Kier alpha value is -2.86. The molecule has 0 aromatic carbocycles. The molecule has 3 aromatic heterocycles. The lowest BCUT2D eigenvalue weighted by Gasteiger charge is -2.12. The second kappa shape index (κ2) is 7.58. The lowest BCUT2D eigenvalue weighted by molar-refractivity contribution is -0.114. The minimum absolute atomic E-state index is 0.166. The summed E-state index contributed by atoms with van der Waals surface area (Å²) in [5, 5.41) is 13.7. The molecule has 0 unspecified atom stereocenters. The second-order valence-electron chi connectivity index (χ2n) is 6.40. The fourth-order valence-corrected chi connectivity index (χ4v) is 2.90. The molecule has 6 nitrogen and oxygen atoms in total. The summed E-state index contributed by atoms with van der Waals surface area (Å²) < 4.78 is 0. The smallest absolute Gasteiger partial charge is 0.222 e. The Kier molecular flexibility index (Phi) is 5.23. The summed E-state index contributed by atoms with van der Waals surface area (Å²) in [6.45, 7) is 5.48. The highest BCUT2D eigenvalue weighted by Crippen LogP contribution is 2.27. The molecule has 0 fully saturated rings. The summed E-state index contributed by atoms with van der Waals surface area (Å²) in [4.78, 5) is 24.3.